The quantitative estimate of drug-likeness (QED) is 0.163. The van der Waals surface area contributed by atoms with Gasteiger partial charge in [0.2, 0.25) is 0 Å². The number of hydrogen-bond acceptors (Lipinski definition) is 3. The van der Waals surface area contributed by atoms with Gasteiger partial charge in [0.1, 0.15) is 5.82 Å². The average molecular weight is 749 g/mol. The summed E-state index contributed by atoms with van der Waals surface area (Å²) in [6, 6.07) is 63.6. The van der Waals surface area contributed by atoms with Gasteiger partial charge >= 0.3 is 0 Å². The molecule has 10 rings (SSSR count). The van der Waals surface area contributed by atoms with Crippen LogP contribution in [0, 0.1) is 19.7 Å². The van der Waals surface area contributed by atoms with E-state index in [0.717, 1.165) is 55.3 Å². The summed E-state index contributed by atoms with van der Waals surface area (Å²) in [6.07, 6.45) is 0. The summed E-state index contributed by atoms with van der Waals surface area (Å²) in [5, 5.41) is 2.31. The van der Waals surface area contributed by atoms with Gasteiger partial charge in [-0.15, -0.1) is 0 Å². The monoisotopic (exact) mass is 748 g/mol. The minimum atomic E-state index is -0.311. The van der Waals surface area contributed by atoms with Crippen molar-refractivity contribution in [3.63, 3.8) is 0 Å². The summed E-state index contributed by atoms with van der Waals surface area (Å²) in [4.78, 5) is 15.2. The second kappa shape index (κ2) is 14.5. The number of benzene rings is 8. The molecule has 0 fully saturated rings. The zero-order chi connectivity index (χ0) is 39.2. The van der Waals surface area contributed by atoms with Crippen molar-refractivity contribution < 1.29 is 4.39 Å². The lowest BCUT2D eigenvalue weighted by atomic mass is 9.97. The van der Waals surface area contributed by atoms with E-state index in [1.807, 2.05) is 66.7 Å². The Bertz CT molecular complexity index is 2990. The van der Waals surface area contributed by atoms with Gasteiger partial charge in [0.15, 0.2) is 17.5 Å². The predicted molar refractivity (Wildman–Crippen MR) is 236 cm³/mol. The van der Waals surface area contributed by atoms with Crippen LogP contribution in [-0.2, 0) is 0 Å². The first-order chi connectivity index (χ1) is 28.5. The lowest BCUT2D eigenvalue weighted by Crippen LogP contribution is -2.02. The van der Waals surface area contributed by atoms with Gasteiger partial charge < -0.3 is 4.57 Å². The van der Waals surface area contributed by atoms with Crippen LogP contribution in [0.25, 0.3) is 95.0 Å². The van der Waals surface area contributed by atoms with Crippen molar-refractivity contribution in [2.75, 3.05) is 0 Å². The summed E-state index contributed by atoms with van der Waals surface area (Å²) in [5.74, 6) is 1.31. The third kappa shape index (κ3) is 6.33. The molecule has 0 aliphatic heterocycles. The third-order valence-corrected chi connectivity index (χ3v) is 11.0. The van der Waals surface area contributed by atoms with Crippen LogP contribution in [0.2, 0.25) is 0 Å². The molecular weight excluding hydrogens is 712 g/mol. The SMILES string of the molecule is Cc1ccccc1-c1ccc2c(c1)c1cc(-c3ccccc3C)ccc1n2-c1ccc(-c2cccc(F)c2)c(-c2nc(-c3ccccc3)nc(-c3ccccc3)n2)c1. The van der Waals surface area contributed by atoms with Crippen molar-refractivity contribution in [2.45, 2.75) is 13.8 Å². The first-order valence-electron chi connectivity index (χ1n) is 19.5. The summed E-state index contributed by atoms with van der Waals surface area (Å²) in [7, 11) is 0. The Morgan fingerprint density at radius 1 is 0.362 bits per heavy atom. The molecule has 58 heavy (non-hydrogen) atoms. The Labute approximate surface area is 336 Å². The molecule has 0 amide bonds. The van der Waals surface area contributed by atoms with E-state index in [2.05, 4.69) is 122 Å². The number of rotatable bonds is 7. The second-order valence-corrected chi connectivity index (χ2v) is 14.7. The van der Waals surface area contributed by atoms with Gasteiger partial charge in [0.25, 0.3) is 0 Å². The Hall–Kier alpha value is -7.50. The van der Waals surface area contributed by atoms with Gasteiger partial charge in [-0.25, -0.2) is 19.3 Å². The molecule has 0 radical (unpaired) electrons. The highest BCUT2D eigenvalue weighted by atomic mass is 19.1. The van der Waals surface area contributed by atoms with Crippen LogP contribution in [0.15, 0.2) is 188 Å². The molecule has 0 saturated carbocycles. The smallest absolute Gasteiger partial charge is 0.164 e. The third-order valence-electron chi connectivity index (χ3n) is 11.0. The number of hydrogen-bond donors (Lipinski definition) is 0. The highest BCUT2D eigenvalue weighted by Crippen LogP contribution is 2.41. The van der Waals surface area contributed by atoms with Gasteiger partial charge in [-0.3, -0.25) is 0 Å². The molecule has 10 aromatic rings. The fraction of sp³-hybridized carbons (Fsp3) is 0.0377. The van der Waals surface area contributed by atoms with Crippen molar-refractivity contribution >= 4 is 21.8 Å². The minimum Gasteiger partial charge on any atom is -0.309 e. The molecule has 0 spiro atoms. The number of fused-ring (bicyclic) bond motifs is 3. The van der Waals surface area contributed by atoms with Gasteiger partial charge in [-0.2, -0.15) is 0 Å². The molecule has 0 saturated heterocycles. The van der Waals surface area contributed by atoms with E-state index >= 15 is 0 Å². The van der Waals surface area contributed by atoms with Crippen LogP contribution in [0.3, 0.4) is 0 Å². The van der Waals surface area contributed by atoms with Crippen LogP contribution in [0.5, 0.6) is 0 Å². The highest BCUT2D eigenvalue weighted by molar-refractivity contribution is 6.12. The van der Waals surface area contributed by atoms with Crippen molar-refractivity contribution in [1.82, 2.24) is 19.5 Å². The number of aryl methyl sites for hydroxylation is 2. The molecule has 8 aromatic carbocycles. The molecule has 2 aromatic heterocycles. The van der Waals surface area contributed by atoms with Gasteiger partial charge in [0.05, 0.1) is 11.0 Å². The van der Waals surface area contributed by atoms with E-state index in [-0.39, 0.29) is 5.82 Å². The van der Waals surface area contributed by atoms with Gasteiger partial charge in [-0.05, 0) is 107 Å². The normalized spacial score (nSPS) is 11.4. The van der Waals surface area contributed by atoms with Crippen molar-refractivity contribution in [1.29, 1.82) is 0 Å². The van der Waals surface area contributed by atoms with Crippen LogP contribution in [-0.4, -0.2) is 19.5 Å². The first-order valence-corrected chi connectivity index (χ1v) is 19.5. The zero-order valence-corrected chi connectivity index (χ0v) is 32.1. The lowest BCUT2D eigenvalue weighted by molar-refractivity contribution is 0.628. The standard InChI is InChI=1S/C53H37FN4/c1-34-14-9-11-22-43(34)39-24-28-49-46(31-39)47-32-40(44-23-12-10-15-35(44)2)25-29-50(47)58(49)42-26-27-45(38-20-13-21-41(54)30-38)48(33-42)53-56-51(36-16-5-3-6-17-36)55-52(57-53)37-18-7-4-8-19-37/h3-33H,1-2H3. The summed E-state index contributed by atoms with van der Waals surface area (Å²) in [5.41, 5.74) is 14.4. The average Bonchev–Trinajstić information content (AvgIpc) is 3.60. The van der Waals surface area contributed by atoms with Gasteiger partial charge in [-0.1, -0.05) is 140 Å². The summed E-state index contributed by atoms with van der Waals surface area (Å²) < 4.78 is 17.2. The maximum absolute atomic E-state index is 14.9. The maximum atomic E-state index is 14.9. The highest BCUT2D eigenvalue weighted by Gasteiger charge is 2.20. The van der Waals surface area contributed by atoms with E-state index in [9.17, 15) is 4.39 Å². The molecule has 0 N–H and O–H groups in total. The largest absolute Gasteiger partial charge is 0.309 e. The molecular formula is C53H37FN4. The van der Waals surface area contributed by atoms with E-state index in [1.165, 1.54) is 39.4 Å². The van der Waals surface area contributed by atoms with Crippen LogP contribution in [0.4, 0.5) is 4.39 Å². The fourth-order valence-corrected chi connectivity index (χ4v) is 8.12. The first kappa shape index (κ1) is 35.0. The van der Waals surface area contributed by atoms with Crippen molar-refractivity contribution in [2.24, 2.45) is 0 Å². The molecule has 0 aliphatic carbocycles. The van der Waals surface area contributed by atoms with Crippen LogP contribution < -0.4 is 0 Å². The van der Waals surface area contributed by atoms with Crippen LogP contribution in [0.1, 0.15) is 11.1 Å². The Morgan fingerprint density at radius 3 is 1.38 bits per heavy atom. The molecule has 0 atom stereocenters. The summed E-state index contributed by atoms with van der Waals surface area (Å²) >= 11 is 0. The molecule has 0 aliphatic rings. The predicted octanol–water partition coefficient (Wildman–Crippen LogP) is 13.7. The lowest BCUT2D eigenvalue weighted by Gasteiger charge is -2.16. The van der Waals surface area contributed by atoms with Crippen molar-refractivity contribution in [3.8, 4) is 73.2 Å². The second-order valence-electron chi connectivity index (χ2n) is 14.7. The van der Waals surface area contributed by atoms with Gasteiger partial charge in [0, 0.05) is 33.2 Å². The molecule has 2 heterocycles. The Kier molecular flexibility index (Phi) is 8.76. The molecule has 0 unspecified atom stereocenters. The van der Waals surface area contributed by atoms with E-state index < -0.39 is 0 Å². The molecule has 276 valence electrons. The Balaban J connectivity index is 1.25. The van der Waals surface area contributed by atoms with Crippen LogP contribution >= 0.6 is 0 Å². The summed E-state index contributed by atoms with van der Waals surface area (Å²) in [6.45, 7) is 4.32. The number of halogens is 1. The fourth-order valence-electron chi connectivity index (χ4n) is 8.12. The number of aromatic nitrogens is 4. The topological polar surface area (TPSA) is 43.6 Å². The number of nitrogens with zero attached hydrogens (tertiary/aromatic N) is 4. The van der Waals surface area contributed by atoms with E-state index in [4.69, 9.17) is 15.0 Å². The zero-order valence-electron chi connectivity index (χ0n) is 32.1. The van der Waals surface area contributed by atoms with E-state index in [0.29, 0.717) is 17.5 Å². The maximum Gasteiger partial charge on any atom is 0.164 e. The molecule has 4 nitrogen and oxygen atoms in total. The van der Waals surface area contributed by atoms with E-state index in [1.54, 1.807) is 12.1 Å². The van der Waals surface area contributed by atoms with Crippen molar-refractivity contribution in [3.05, 3.63) is 205 Å². The molecule has 5 heteroatoms. The minimum absolute atomic E-state index is 0.311. The molecule has 0 bridgehead atoms. The Morgan fingerprint density at radius 2 is 0.845 bits per heavy atom.